The fraction of sp³-hybridized carbons (Fsp3) is 0.0769. The first-order valence-electron chi connectivity index (χ1n) is 4.88. The van der Waals surface area contributed by atoms with Gasteiger partial charge in [0.1, 0.15) is 17.2 Å². The number of aromatic hydroxyl groups is 2. The van der Waals surface area contributed by atoms with Gasteiger partial charge < -0.3 is 14.9 Å². The number of rotatable bonds is 2. The molecular formula is C13H12O3. The van der Waals surface area contributed by atoms with Gasteiger partial charge in [-0.05, 0) is 18.2 Å². The van der Waals surface area contributed by atoms with Gasteiger partial charge in [0.2, 0.25) is 0 Å². The summed E-state index contributed by atoms with van der Waals surface area (Å²) in [7, 11) is 1.55. The van der Waals surface area contributed by atoms with Crippen molar-refractivity contribution in [3.8, 4) is 28.4 Å². The average molecular weight is 216 g/mol. The molecule has 0 bridgehead atoms. The molecule has 0 aromatic heterocycles. The monoisotopic (exact) mass is 216 g/mol. The summed E-state index contributed by atoms with van der Waals surface area (Å²) in [6.45, 7) is 0. The van der Waals surface area contributed by atoms with E-state index in [0.717, 1.165) is 0 Å². The Balaban J connectivity index is 2.67. The molecule has 0 amide bonds. The van der Waals surface area contributed by atoms with Crippen molar-refractivity contribution in [1.82, 2.24) is 0 Å². The lowest BCUT2D eigenvalue weighted by atomic mass is 10.0. The van der Waals surface area contributed by atoms with Crippen molar-refractivity contribution in [3.05, 3.63) is 42.5 Å². The predicted molar refractivity (Wildman–Crippen MR) is 61.8 cm³/mol. The van der Waals surface area contributed by atoms with Crippen LogP contribution in [0.3, 0.4) is 0 Å². The Hall–Kier alpha value is -2.16. The van der Waals surface area contributed by atoms with E-state index in [1.54, 1.807) is 25.3 Å². The molecule has 16 heavy (non-hydrogen) atoms. The molecule has 3 nitrogen and oxygen atoms in total. The van der Waals surface area contributed by atoms with E-state index in [9.17, 15) is 10.2 Å². The zero-order valence-corrected chi connectivity index (χ0v) is 8.84. The highest BCUT2D eigenvalue weighted by Crippen LogP contribution is 2.41. The Morgan fingerprint density at radius 1 is 0.875 bits per heavy atom. The molecule has 2 aromatic rings. The summed E-state index contributed by atoms with van der Waals surface area (Å²) in [6, 6.07) is 11.9. The maximum Gasteiger partial charge on any atom is 0.127 e. The zero-order chi connectivity index (χ0) is 11.5. The summed E-state index contributed by atoms with van der Waals surface area (Å²) in [5.74, 6) is 0.674. The highest BCUT2D eigenvalue weighted by atomic mass is 16.5. The van der Waals surface area contributed by atoms with Crippen LogP contribution in [-0.2, 0) is 0 Å². The topological polar surface area (TPSA) is 49.7 Å². The summed E-state index contributed by atoms with van der Waals surface area (Å²) in [6.07, 6.45) is 0. The maximum atomic E-state index is 9.75. The van der Waals surface area contributed by atoms with E-state index < -0.39 is 0 Å². The number of ether oxygens (including phenoxy) is 1. The van der Waals surface area contributed by atoms with Gasteiger partial charge in [0.05, 0.1) is 12.7 Å². The van der Waals surface area contributed by atoms with Crippen LogP contribution in [0, 0.1) is 0 Å². The summed E-state index contributed by atoms with van der Waals surface area (Å²) >= 11 is 0. The summed E-state index contributed by atoms with van der Waals surface area (Å²) < 4.78 is 5.19. The molecule has 0 aliphatic carbocycles. The normalized spacial score (nSPS) is 10.1. The lowest BCUT2D eigenvalue weighted by Crippen LogP contribution is -1.88. The minimum absolute atomic E-state index is 0.0319. The highest BCUT2D eigenvalue weighted by molar-refractivity contribution is 5.80. The number of phenols is 2. The van der Waals surface area contributed by atoms with Crippen molar-refractivity contribution >= 4 is 0 Å². The van der Waals surface area contributed by atoms with Gasteiger partial charge in [-0.15, -0.1) is 0 Å². The molecule has 2 rings (SSSR count). The SMILES string of the molecule is COc1ccccc1-c1c(O)cccc1O. The third kappa shape index (κ3) is 1.67. The van der Waals surface area contributed by atoms with Gasteiger partial charge >= 0.3 is 0 Å². The van der Waals surface area contributed by atoms with Gasteiger partial charge in [-0.1, -0.05) is 24.3 Å². The third-order valence-corrected chi connectivity index (χ3v) is 2.40. The van der Waals surface area contributed by atoms with E-state index in [2.05, 4.69) is 0 Å². The van der Waals surface area contributed by atoms with Crippen LogP contribution in [0.5, 0.6) is 17.2 Å². The van der Waals surface area contributed by atoms with Crippen LogP contribution in [0.25, 0.3) is 11.1 Å². The van der Waals surface area contributed by atoms with Crippen molar-refractivity contribution in [1.29, 1.82) is 0 Å². The quantitative estimate of drug-likeness (QED) is 0.811. The van der Waals surface area contributed by atoms with Crippen molar-refractivity contribution in [2.45, 2.75) is 0 Å². The fourth-order valence-electron chi connectivity index (χ4n) is 1.66. The van der Waals surface area contributed by atoms with Crippen LogP contribution in [0.15, 0.2) is 42.5 Å². The van der Waals surface area contributed by atoms with Gasteiger partial charge in [0, 0.05) is 5.56 Å². The molecule has 0 heterocycles. The first kappa shape index (κ1) is 10.4. The number of hydrogen-bond donors (Lipinski definition) is 2. The van der Waals surface area contributed by atoms with Gasteiger partial charge in [-0.2, -0.15) is 0 Å². The third-order valence-electron chi connectivity index (χ3n) is 2.40. The Labute approximate surface area is 93.6 Å². The molecule has 2 N–H and O–H groups in total. The second kappa shape index (κ2) is 4.14. The largest absolute Gasteiger partial charge is 0.507 e. The Kier molecular flexibility index (Phi) is 2.68. The standard InChI is InChI=1S/C13H12O3/c1-16-12-8-3-2-5-9(12)13-10(14)6-4-7-11(13)15/h2-8,14-15H,1H3. The Bertz CT molecular complexity index is 486. The molecule has 0 fully saturated rings. The van der Waals surface area contributed by atoms with E-state index in [0.29, 0.717) is 16.9 Å². The van der Waals surface area contributed by atoms with Gasteiger partial charge in [-0.25, -0.2) is 0 Å². The van der Waals surface area contributed by atoms with Crippen molar-refractivity contribution in [2.75, 3.05) is 7.11 Å². The second-order valence-corrected chi connectivity index (χ2v) is 3.37. The Morgan fingerprint density at radius 2 is 1.50 bits per heavy atom. The molecule has 0 unspecified atom stereocenters. The Morgan fingerprint density at radius 3 is 2.12 bits per heavy atom. The number of benzene rings is 2. The molecule has 0 spiro atoms. The number of para-hydroxylation sites is 1. The minimum Gasteiger partial charge on any atom is -0.507 e. The molecule has 0 radical (unpaired) electrons. The fourth-order valence-corrected chi connectivity index (χ4v) is 1.66. The first-order chi connectivity index (χ1) is 7.74. The number of methoxy groups -OCH3 is 1. The van der Waals surface area contributed by atoms with Gasteiger partial charge in [-0.3, -0.25) is 0 Å². The van der Waals surface area contributed by atoms with Crippen molar-refractivity contribution in [3.63, 3.8) is 0 Å². The van der Waals surface area contributed by atoms with Crippen LogP contribution >= 0.6 is 0 Å². The van der Waals surface area contributed by atoms with Crippen LogP contribution in [0.1, 0.15) is 0 Å². The maximum absolute atomic E-state index is 9.75. The minimum atomic E-state index is 0.0319. The summed E-state index contributed by atoms with van der Waals surface area (Å²) in [5, 5.41) is 19.5. The highest BCUT2D eigenvalue weighted by Gasteiger charge is 2.13. The van der Waals surface area contributed by atoms with Gasteiger partial charge in [0.15, 0.2) is 0 Å². The molecule has 3 heteroatoms. The molecule has 0 aliphatic rings. The molecule has 2 aromatic carbocycles. The van der Waals surface area contributed by atoms with Crippen molar-refractivity contribution < 1.29 is 14.9 Å². The van der Waals surface area contributed by atoms with Crippen LogP contribution in [0.4, 0.5) is 0 Å². The second-order valence-electron chi connectivity index (χ2n) is 3.37. The summed E-state index contributed by atoms with van der Waals surface area (Å²) in [5.41, 5.74) is 1.06. The van der Waals surface area contributed by atoms with Crippen LogP contribution < -0.4 is 4.74 Å². The van der Waals surface area contributed by atoms with E-state index in [1.807, 2.05) is 12.1 Å². The molecule has 0 saturated carbocycles. The first-order valence-corrected chi connectivity index (χ1v) is 4.88. The van der Waals surface area contributed by atoms with Crippen molar-refractivity contribution in [2.24, 2.45) is 0 Å². The smallest absolute Gasteiger partial charge is 0.127 e. The van der Waals surface area contributed by atoms with E-state index in [4.69, 9.17) is 4.74 Å². The van der Waals surface area contributed by atoms with Crippen LogP contribution in [-0.4, -0.2) is 17.3 Å². The zero-order valence-electron chi connectivity index (χ0n) is 8.84. The molecule has 0 saturated heterocycles. The average Bonchev–Trinajstić information content (AvgIpc) is 2.29. The molecule has 0 atom stereocenters. The predicted octanol–water partition coefficient (Wildman–Crippen LogP) is 2.77. The lowest BCUT2D eigenvalue weighted by Gasteiger charge is -2.11. The lowest BCUT2D eigenvalue weighted by molar-refractivity contribution is 0.414. The number of hydrogen-bond acceptors (Lipinski definition) is 3. The molecule has 82 valence electrons. The van der Waals surface area contributed by atoms with E-state index >= 15 is 0 Å². The summed E-state index contributed by atoms with van der Waals surface area (Å²) in [4.78, 5) is 0. The van der Waals surface area contributed by atoms with E-state index in [-0.39, 0.29) is 11.5 Å². The number of phenolic OH excluding ortho intramolecular Hbond substituents is 2. The van der Waals surface area contributed by atoms with Crippen LogP contribution in [0.2, 0.25) is 0 Å². The van der Waals surface area contributed by atoms with Gasteiger partial charge in [0.25, 0.3) is 0 Å². The van der Waals surface area contributed by atoms with E-state index in [1.165, 1.54) is 12.1 Å². The molecular weight excluding hydrogens is 204 g/mol. The molecule has 0 aliphatic heterocycles.